The molecule has 0 atom stereocenters. The van der Waals surface area contributed by atoms with Gasteiger partial charge in [0, 0.05) is 10.6 Å². The van der Waals surface area contributed by atoms with E-state index < -0.39 is 17.8 Å². The minimum atomic E-state index is -0.827. The van der Waals surface area contributed by atoms with Crippen molar-refractivity contribution in [3.63, 3.8) is 0 Å². The third-order valence-electron chi connectivity index (χ3n) is 4.45. The summed E-state index contributed by atoms with van der Waals surface area (Å²) in [5.74, 6) is -0.173. The normalized spacial score (nSPS) is 15.5. The van der Waals surface area contributed by atoms with Gasteiger partial charge >= 0.3 is 6.03 Å². The fraction of sp³-hybridized carbons (Fsp3) is 0.0455. The lowest BCUT2D eigenvalue weighted by molar-refractivity contribution is -0.122. The molecular weight excluding hydrogens is 408 g/mol. The molecule has 2 heterocycles. The van der Waals surface area contributed by atoms with E-state index in [9.17, 15) is 14.4 Å². The van der Waals surface area contributed by atoms with Crippen LogP contribution in [0.3, 0.4) is 0 Å². The molecule has 1 aliphatic rings. The van der Waals surface area contributed by atoms with Crippen molar-refractivity contribution < 1.29 is 23.5 Å². The van der Waals surface area contributed by atoms with E-state index in [2.05, 4.69) is 5.32 Å². The van der Waals surface area contributed by atoms with Crippen molar-refractivity contribution >= 4 is 41.2 Å². The number of amides is 4. The molecule has 0 spiro atoms. The highest BCUT2D eigenvalue weighted by molar-refractivity contribution is 6.39. The number of furan rings is 1. The van der Waals surface area contributed by atoms with Gasteiger partial charge in [0.25, 0.3) is 11.8 Å². The lowest BCUT2D eigenvalue weighted by Crippen LogP contribution is -2.54. The maximum absolute atomic E-state index is 12.9. The Labute approximate surface area is 176 Å². The van der Waals surface area contributed by atoms with E-state index in [1.807, 2.05) is 6.07 Å². The fourth-order valence-electron chi connectivity index (χ4n) is 2.99. The number of methoxy groups -OCH3 is 1. The predicted molar refractivity (Wildman–Crippen MR) is 111 cm³/mol. The molecule has 1 fully saturated rings. The number of barbiturate groups is 1. The van der Waals surface area contributed by atoms with Crippen molar-refractivity contribution in [1.29, 1.82) is 0 Å². The average Bonchev–Trinajstić information content (AvgIpc) is 3.20. The summed E-state index contributed by atoms with van der Waals surface area (Å²) in [7, 11) is 1.51. The number of ether oxygens (including phenoxy) is 1. The lowest BCUT2D eigenvalue weighted by Gasteiger charge is -2.26. The summed E-state index contributed by atoms with van der Waals surface area (Å²) in [6.07, 6.45) is 1.30. The molecule has 0 saturated carbocycles. The second-order valence-electron chi connectivity index (χ2n) is 6.37. The molecule has 2 aromatic carbocycles. The standard InChI is InChI=1S/C22H15ClN2O5/c1-29-16-7-5-15(6-8-16)25-21(27)18(20(26)24-22(25)28)12-17-9-10-19(30-17)13-3-2-4-14(23)11-13/h2-12H,1H3,(H,24,26,28)/b18-12+. The van der Waals surface area contributed by atoms with Gasteiger partial charge in [-0.3, -0.25) is 14.9 Å². The van der Waals surface area contributed by atoms with Gasteiger partial charge in [0.15, 0.2) is 0 Å². The zero-order valence-corrected chi connectivity index (χ0v) is 16.5. The number of nitrogens with one attached hydrogen (secondary N) is 1. The molecule has 4 rings (SSSR count). The zero-order chi connectivity index (χ0) is 21.3. The van der Waals surface area contributed by atoms with Gasteiger partial charge in [-0.25, -0.2) is 9.69 Å². The maximum atomic E-state index is 12.9. The Balaban J connectivity index is 1.66. The van der Waals surface area contributed by atoms with Crippen molar-refractivity contribution in [2.75, 3.05) is 12.0 Å². The summed E-state index contributed by atoms with van der Waals surface area (Å²) in [5, 5.41) is 2.73. The molecule has 1 N–H and O–H groups in total. The second kappa shape index (κ2) is 7.88. The summed E-state index contributed by atoms with van der Waals surface area (Å²) < 4.78 is 10.8. The smallest absolute Gasteiger partial charge is 0.335 e. The number of halogens is 1. The number of rotatable bonds is 4. The molecule has 150 valence electrons. The van der Waals surface area contributed by atoms with E-state index in [0.717, 1.165) is 10.5 Å². The Morgan fingerprint density at radius 3 is 2.50 bits per heavy atom. The first-order valence-corrected chi connectivity index (χ1v) is 9.25. The van der Waals surface area contributed by atoms with E-state index in [-0.39, 0.29) is 11.3 Å². The van der Waals surface area contributed by atoms with Crippen molar-refractivity contribution in [1.82, 2.24) is 5.32 Å². The van der Waals surface area contributed by atoms with Crippen molar-refractivity contribution in [2.45, 2.75) is 0 Å². The van der Waals surface area contributed by atoms with Gasteiger partial charge in [0.2, 0.25) is 0 Å². The van der Waals surface area contributed by atoms with Crippen LogP contribution in [0.5, 0.6) is 5.75 Å². The minimum Gasteiger partial charge on any atom is -0.497 e. The van der Waals surface area contributed by atoms with Crippen LogP contribution in [-0.4, -0.2) is 25.0 Å². The number of benzene rings is 2. The highest BCUT2D eigenvalue weighted by Gasteiger charge is 2.37. The summed E-state index contributed by atoms with van der Waals surface area (Å²) in [4.78, 5) is 38.4. The fourth-order valence-corrected chi connectivity index (χ4v) is 3.18. The Bertz CT molecular complexity index is 1180. The third-order valence-corrected chi connectivity index (χ3v) is 4.69. The minimum absolute atomic E-state index is 0.225. The quantitative estimate of drug-likeness (QED) is 0.501. The molecule has 0 aliphatic carbocycles. The monoisotopic (exact) mass is 422 g/mol. The number of urea groups is 1. The number of anilines is 1. The predicted octanol–water partition coefficient (Wildman–Crippen LogP) is 4.28. The molecule has 0 unspecified atom stereocenters. The number of carbonyl (C=O) groups is 3. The summed E-state index contributed by atoms with van der Waals surface area (Å²) in [6.45, 7) is 0. The van der Waals surface area contributed by atoms with Crippen LogP contribution in [-0.2, 0) is 9.59 Å². The van der Waals surface area contributed by atoms with Crippen LogP contribution in [0.25, 0.3) is 17.4 Å². The van der Waals surface area contributed by atoms with Gasteiger partial charge in [0.1, 0.15) is 22.8 Å². The van der Waals surface area contributed by atoms with Crippen LogP contribution >= 0.6 is 11.6 Å². The summed E-state index contributed by atoms with van der Waals surface area (Å²) in [5.41, 5.74) is 0.829. The first-order chi connectivity index (χ1) is 14.5. The third kappa shape index (κ3) is 3.70. The molecule has 0 bridgehead atoms. The molecule has 30 heavy (non-hydrogen) atoms. The zero-order valence-electron chi connectivity index (χ0n) is 15.7. The van der Waals surface area contributed by atoms with Gasteiger partial charge in [-0.1, -0.05) is 23.7 Å². The van der Waals surface area contributed by atoms with Gasteiger partial charge in [-0.2, -0.15) is 0 Å². The molecule has 4 amide bonds. The van der Waals surface area contributed by atoms with Gasteiger partial charge < -0.3 is 9.15 Å². The topological polar surface area (TPSA) is 88.8 Å². The Morgan fingerprint density at radius 1 is 1.03 bits per heavy atom. The van der Waals surface area contributed by atoms with E-state index in [4.69, 9.17) is 20.8 Å². The van der Waals surface area contributed by atoms with Crippen LogP contribution < -0.4 is 15.0 Å². The Hall–Kier alpha value is -3.84. The SMILES string of the molecule is COc1ccc(N2C(=O)NC(=O)/C(=C\c3ccc(-c4cccc(Cl)c4)o3)C2=O)cc1. The number of imide groups is 2. The van der Waals surface area contributed by atoms with Crippen molar-refractivity contribution in [3.05, 3.63) is 77.0 Å². The van der Waals surface area contributed by atoms with E-state index in [1.54, 1.807) is 54.6 Å². The van der Waals surface area contributed by atoms with Crippen molar-refractivity contribution in [2.24, 2.45) is 0 Å². The van der Waals surface area contributed by atoms with Crippen LogP contribution in [0.4, 0.5) is 10.5 Å². The average molecular weight is 423 g/mol. The van der Waals surface area contributed by atoms with Crippen molar-refractivity contribution in [3.8, 4) is 17.1 Å². The number of hydrogen-bond donors (Lipinski definition) is 1. The Kier molecular flexibility index (Phi) is 5.12. The molecule has 1 saturated heterocycles. The van der Waals surface area contributed by atoms with E-state index >= 15 is 0 Å². The lowest BCUT2D eigenvalue weighted by atomic mass is 10.1. The largest absolute Gasteiger partial charge is 0.497 e. The molecular formula is C22H15ClN2O5. The summed E-state index contributed by atoms with van der Waals surface area (Å²) >= 11 is 6.01. The van der Waals surface area contributed by atoms with Crippen LogP contribution in [0.2, 0.25) is 5.02 Å². The van der Waals surface area contributed by atoms with Crippen LogP contribution in [0, 0.1) is 0 Å². The van der Waals surface area contributed by atoms with Gasteiger partial charge in [-0.05, 0) is 54.6 Å². The molecule has 8 heteroatoms. The van der Waals surface area contributed by atoms with Crippen LogP contribution in [0.15, 0.2) is 70.7 Å². The molecule has 7 nitrogen and oxygen atoms in total. The summed E-state index contributed by atoms with van der Waals surface area (Å²) in [6, 6.07) is 15.9. The van der Waals surface area contributed by atoms with Crippen LogP contribution in [0.1, 0.15) is 5.76 Å². The molecule has 3 aromatic rings. The molecule has 1 aromatic heterocycles. The molecule has 1 aliphatic heterocycles. The van der Waals surface area contributed by atoms with Gasteiger partial charge in [-0.15, -0.1) is 0 Å². The highest BCUT2D eigenvalue weighted by atomic mass is 35.5. The van der Waals surface area contributed by atoms with E-state index in [0.29, 0.717) is 22.2 Å². The highest BCUT2D eigenvalue weighted by Crippen LogP contribution is 2.27. The first-order valence-electron chi connectivity index (χ1n) is 8.87. The van der Waals surface area contributed by atoms with Gasteiger partial charge in [0.05, 0.1) is 12.8 Å². The Morgan fingerprint density at radius 2 is 1.80 bits per heavy atom. The second-order valence-corrected chi connectivity index (χ2v) is 6.80. The molecule has 0 radical (unpaired) electrons. The number of hydrogen-bond acceptors (Lipinski definition) is 5. The first kappa shape index (κ1) is 19.5. The van der Waals surface area contributed by atoms with E-state index in [1.165, 1.54) is 13.2 Å². The maximum Gasteiger partial charge on any atom is 0.335 e. The number of nitrogens with zero attached hydrogens (tertiary/aromatic N) is 1. The number of carbonyl (C=O) groups excluding carboxylic acids is 3.